The van der Waals surface area contributed by atoms with E-state index in [2.05, 4.69) is 4.90 Å². The quantitative estimate of drug-likeness (QED) is 0.247. The van der Waals surface area contributed by atoms with E-state index in [1.54, 1.807) is 19.2 Å². The maximum Gasteiger partial charge on any atom is 0.336 e. The second-order valence-electron chi connectivity index (χ2n) is 9.54. The predicted molar refractivity (Wildman–Crippen MR) is 144 cm³/mol. The van der Waals surface area contributed by atoms with Gasteiger partial charge in [0.25, 0.3) is 0 Å². The molecule has 0 bridgehead atoms. The van der Waals surface area contributed by atoms with Gasteiger partial charge in [0.1, 0.15) is 11.2 Å². The van der Waals surface area contributed by atoms with Crippen LogP contribution >= 0.6 is 0 Å². The van der Waals surface area contributed by atoms with Crippen molar-refractivity contribution in [2.75, 3.05) is 26.8 Å². The van der Waals surface area contributed by atoms with Crippen LogP contribution in [0.2, 0.25) is 0 Å². The first-order valence-corrected chi connectivity index (χ1v) is 12.9. The van der Waals surface area contributed by atoms with E-state index in [0.717, 1.165) is 55.3 Å². The Balaban J connectivity index is 1.33. The first kappa shape index (κ1) is 25.1. The lowest BCUT2D eigenvalue weighted by Crippen LogP contribution is -2.54. The van der Waals surface area contributed by atoms with Gasteiger partial charge in [-0.1, -0.05) is 67.1 Å². The maximum atomic E-state index is 12.3. The van der Waals surface area contributed by atoms with Crippen LogP contribution in [0.1, 0.15) is 36.8 Å². The van der Waals surface area contributed by atoms with E-state index in [1.165, 1.54) is 6.07 Å². The lowest BCUT2D eigenvalue weighted by atomic mass is 9.76. The van der Waals surface area contributed by atoms with Crippen LogP contribution in [-0.4, -0.2) is 42.9 Å². The lowest BCUT2D eigenvalue weighted by molar-refractivity contribution is -0.0393. The molecular weight excluding hydrogens is 466 g/mol. The van der Waals surface area contributed by atoms with Crippen LogP contribution in [0.3, 0.4) is 0 Å². The molecule has 5 rings (SSSR count). The van der Waals surface area contributed by atoms with Crippen LogP contribution in [0.4, 0.5) is 0 Å². The van der Waals surface area contributed by atoms with Crippen LogP contribution in [0, 0.1) is 0 Å². The molecule has 1 fully saturated rings. The summed E-state index contributed by atoms with van der Waals surface area (Å²) in [6.45, 7) is 2.19. The summed E-state index contributed by atoms with van der Waals surface area (Å²) in [6, 6.07) is 26.6. The summed E-state index contributed by atoms with van der Waals surface area (Å²) in [7, 11) is 1.60. The molecule has 0 amide bonds. The van der Waals surface area contributed by atoms with Gasteiger partial charge in [-0.25, -0.2) is 4.79 Å². The molecule has 1 aromatic heterocycles. The SMILES string of the molecule is COc1cc2ccc(=O)oc2cc1OCCCN1CCCCC1C(O)(c1ccccc1)c1ccccc1. The molecule has 1 unspecified atom stereocenters. The van der Waals surface area contributed by atoms with Gasteiger partial charge in [0.05, 0.1) is 13.7 Å². The number of piperidine rings is 1. The number of ether oxygens (including phenoxy) is 2. The Bertz CT molecular complexity index is 1330. The van der Waals surface area contributed by atoms with Crippen LogP contribution in [0.25, 0.3) is 11.0 Å². The van der Waals surface area contributed by atoms with Crippen molar-refractivity contribution in [3.05, 3.63) is 106 Å². The summed E-state index contributed by atoms with van der Waals surface area (Å²) >= 11 is 0. The number of methoxy groups -OCH3 is 1. The van der Waals surface area contributed by atoms with Crippen molar-refractivity contribution in [2.45, 2.75) is 37.3 Å². The normalized spacial score (nSPS) is 16.5. The van der Waals surface area contributed by atoms with Crippen molar-refractivity contribution in [3.8, 4) is 11.5 Å². The first-order valence-electron chi connectivity index (χ1n) is 12.9. The second-order valence-corrected chi connectivity index (χ2v) is 9.54. The summed E-state index contributed by atoms with van der Waals surface area (Å²) in [5.41, 5.74) is 0.788. The average Bonchev–Trinajstić information content (AvgIpc) is 2.95. The summed E-state index contributed by atoms with van der Waals surface area (Å²) in [6.07, 6.45) is 3.88. The number of nitrogens with zero attached hydrogens (tertiary/aromatic N) is 1. The number of hydrogen-bond acceptors (Lipinski definition) is 6. The zero-order chi connectivity index (χ0) is 25.7. The monoisotopic (exact) mass is 499 g/mol. The van der Waals surface area contributed by atoms with E-state index >= 15 is 0 Å². The van der Waals surface area contributed by atoms with Crippen molar-refractivity contribution in [1.29, 1.82) is 0 Å². The Kier molecular flexibility index (Phi) is 7.58. The minimum atomic E-state index is -1.11. The van der Waals surface area contributed by atoms with Gasteiger partial charge in [-0.2, -0.15) is 0 Å². The molecule has 1 N–H and O–H groups in total. The molecule has 192 valence electrons. The number of rotatable bonds is 9. The number of benzene rings is 3. The standard InChI is InChI=1S/C31H33NO5/c1-35-27-21-23-16-17-30(33)37-26(23)22-28(27)36-20-10-19-32-18-9-8-15-29(32)31(34,24-11-4-2-5-12-24)25-13-6-3-7-14-25/h2-7,11-14,16-17,21-22,29,34H,8-10,15,18-20H2,1H3. The molecule has 0 saturated carbocycles. The van der Waals surface area contributed by atoms with E-state index < -0.39 is 11.2 Å². The smallest absolute Gasteiger partial charge is 0.336 e. The molecule has 1 saturated heterocycles. The van der Waals surface area contributed by atoms with Crippen LogP contribution in [-0.2, 0) is 5.60 Å². The number of aliphatic hydroxyl groups is 1. The summed E-state index contributed by atoms with van der Waals surface area (Å²) < 4.78 is 16.9. The van der Waals surface area contributed by atoms with E-state index in [4.69, 9.17) is 13.9 Å². The van der Waals surface area contributed by atoms with E-state index in [0.29, 0.717) is 23.7 Å². The molecule has 2 heterocycles. The maximum absolute atomic E-state index is 12.3. The van der Waals surface area contributed by atoms with Crippen molar-refractivity contribution in [2.24, 2.45) is 0 Å². The third kappa shape index (κ3) is 5.26. The van der Waals surface area contributed by atoms with Gasteiger partial charge in [-0.05, 0) is 49.1 Å². The molecule has 1 aliphatic rings. The number of fused-ring (bicyclic) bond motifs is 1. The molecule has 6 nitrogen and oxygen atoms in total. The van der Waals surface area contributed by atoms with Gasteiger partial charge >= 0.3 is 5.63 Å². The Labute approximate surface area is 217 Å². The molecule has 3 aromatic carbocycles. The molecular formula is C31H33NO5. The predicted octanol–water partition coefficient (Wildman–Crippen LogP) is 5.36. The Morgan fingerprint density at radius 2 is 1.65 bits per heavy atom. The molecule has 4 aromatic rings. The van der Waals surface area contributed by atoms with Gasteiger partial charge in [-0.15, -0.1) is 0 Å². The molecule has 0 aliphatic carbocycles. The van der Waals surface area contributed by atoms with Crippen molar-refractivity contribution >= 4 is 11.0 Å². The minimum absolute atomic E-state index is 0.0458. The van der Waals surface area contributed by atoms with Crippen LogP contribution < -0.4 is 15.1 Å². The lowest BCUT2D eigenvalue weighted by Gasteiger charge is -2.46. The fourth-order valence-corrected chi connectivity index (χ4v) is 5.47. The van der Waals surface area contributed by atoms with Crippen molar-refractivity contribution in [3.63, 3.8) is 0 Å². The van der Waals surface area contributed by atoms with E-state index in [1.807, 2.05) is 66.7 Å². The zero-order valence-corrected chi connectivity index (χ0v) is 21.1. The molecule has 37 heavy (non-hydrogen) atoms. The molecule has 6 heteroatoms. The number of hydrogen-bond donors (Lipinski definition) is 1. The Morgan fingerprint density at radius 1 is 0.946 bits per heavy atom. The first-order chi connectivity index (χ1) is 18.1. The Morgan fingerprint density at radius 3 is 2.32 bits per heavy atom. The van der Waals surface area contributed by atoms with Crippen LogP contribution in [0.5, 0.6) is 11.5 Å². The highest BCUT2D eigenvalue weighted by atomic mass is 16.5. The average molecular weight is 500 g/mol. The Hall–Kier alpha value is -3.61. The van der Waals surface area contributed by atoms with Gasteiger partial charge in [0.2, 0.25) is 0 Å². The third-order valence-corrected chi connectivity index (χ3v) is 7.28. The van der Waals surface area contributed by atoms with Gasteiger partial charge in [-0.3, -0.25) is 4.90 Å². The van der Waals surface area contributed by atoms with Gasteiger partial charge in [0, 0.05) is 30.1 Å². The minimum Gasteiger partial charge on any atom is -0.493 e. The summed E-state index contributed by atoms with van der Waals surface area (Å²) in [4.78, 5) is 14.0. The second kappa shape index (κ2) is 11.2. The fourth-order valence-electron chi connectivity index (χ4n) is 5.47. The van der Waals surface area contributed by atoms with E-state index in [9.17, 15) is 9.90 Å². The van der Waals surface area contributed by atoms with Gasteiger partial charge in [0.15, 0.2) is 11.5 Å². The molecule has 1 atom stereocenters. The van der Waals surface area contributed by atoms with Crippen molar-refractivity contribution < 1.29 is 19.0 Å². The topological polar surface area (TPSA) is 72.1 Å². The fraction of sp³-hybridized carbons (Fsp3) is 0.323. The molecule has 1 aliphatic heterocycles. The van der Waals surface area contributed by atoms with Crippen LogP contribution in [0.15, 0.2) is 94.1 Å². The highest BCUT2D eigenvalue weighted by Crippen LogP contribution is 2.40. The molecule has 0 spiro atoms. The summed E-state index contributed by atoms with van der Waals surface area (Å²) in [5.74, 6) is 1.14. The highest BCUT2D eigenvalue weighted by Gasteiger charge is 2.43. The number of likely N-dealkylation sites (tertiary alicyclic amines) is 1. The molecule has 0 radical (unpaired) electrons. The zero-order valence-electron chi connectivity index (χ0n) is 21.1. The highest BCUT2D eigenvalue weighted by molar-refractivity contribution is 5.80. The van der Waals surface area contributed by atoms with Crippen molar-refractivity contribution in [1.82, 2.24) is 4.90 Å². The summed E-state index contributed by atoms with van der Waals surface area (Å²) in [5, 5.41) is 13.1. The van der Waals surface area contributed by atoms with E-state index in [-0.39, 0.29) is 6.04 Å². The van der Waals surface area contributed by atoms with Gasteiger partial charge < -0.3 is 19.0 Å². The largest absolute Gasteiger partial charge is 0.493 e. The third-order valence-electron chi connectivity index (χ3n) is 7.28.